The number of hydrogen-bond donors (Lipinski definition) is 2. The highest BCUT2D eigenvalue weighted by Gasteiger charge is 2.11. The molecule has 0 saturated heterocycles. The van der Waals surface area contributed by atoms with E-state index in [1.807, 2.05) is 23.8 Å². The fourth-order valence-corrected chi connectivity index (χ4v) is 3.85. The number of nitrogens with two attached hydrogens (primary N) is 1. The zero-order chi connectivity index (χ0) is 14.5. The van der Waals surface area contributed by atoms with Gasteiger partial charge in [-0.2, -0.15) is 0 Å². The van der Waals surface area contributed by atoms with Crippen LogP contribution < -0.4 is 11.1 Å². The van der Waals surface area contributed by atoms with Gasteiger partial charge in [-0.25, -0.2) is 4.98 Å². The summed E-state index contributed by atoms with van der Waals surface area (Å²) in [5.74, 6) is 0.294. The van der Waals surface area contributed by atoms with Crippen molar-refractivity contribution < 1.29 is 4.79 Å². The number of halogens is 3. The largest absolute Gasteiger partial charge is 0.355 e. The molecule has 0 saturated carbocycles. The lowest BCUT2D eigenvalue weighted by atomic mass is 10.2. The Bertz CT molecular complexity index is 591. The lowest BCUT2D eigenvalue weighted by Crippen LogP contribution is -2.32. The van der Waals surface area contributed by atoms with E-state index in [2.05, 4.69) is 26.2 Å². The van der Waals surface area contributed by atoms with Crippen molar-refractivity contribution in [3.63, 3.8) is 0 Å². The summed E-state index contributed by atoms with van der Waals surface area (Å²) in [5, 5.41) is 7.80. The van der Waals surface area contributed by atoms with Crippen molar-refractivity contribution in [2.75, 3.05) is 13.1 Å². The highest BCUT2D eigenvalue weighted by molar-refractivity contribution is 9.10. The molecule has 0 spiro atoms. The average molecular weight is 447 g/mol. The van der Waals surface area contributed by atoms with Gasteiger partial charge in [-0.1, -0.05) is 6.92 Å². The normalized spacial score (nSPS) is 11.2. The standard InChI is InChI=1S/C13H16BrN3OS2.2ClH/c1-8(4-15)5-16-12(18)3-10-7-20-13(17-10)11-2-9(14)6-19-11;;/h2,6-8H,3-5,15H2,1H3,(H,16,18);2*1H. The minimum Gasteiger partial charge on any atom is -0.355 e. The van der Waals surface area contributed by atoms with E-state index in [-0.39, 0.29) is 30.7 Å². The van der Waals surface area contributed by atoms with Crippen LogP contribution >= 0.6 is 63.4 Å². The van der Waals surface area contributed by atoms with Crippen LogP contribution in [0.4, 0.5) is 0 Å². The van der Waals surface area contributed by atoms with Gasteiger partial charge in [0.1, 0.15) is 5.01 Å². The molecule has 124 valence electrons. The quantitative estimate of drug-likeness (QED) is 0.710. The number of rotatable bonds is 6. The van der Waals surface area contributed by atoms with Crippen LogP contribution in [0.3, 0.4) is 0 Å². The maximum atomic E-state index is 11.8. The molecule has 0 fully saturated rings. The van der Waals surface area contributed by atoms with Gasteiger partial charge in [-0.05, 0) is 34.5 Å². The summed E-state index contributed by atoms with van der Waals surface area (Å²) < 4.78 is 1.06. The summed E-state index contributed by atoms with van der Waals surface area (Å²) in [7, 11) is 0. The molecule has 2 heterocycles. The minimum atomic E-state index is -0.00508. The van der Waals surface area contributed by atoms with E-state index in [9.17, 15) is 4.79 Å². The Labute approximate surface area is 158 Å². The van der Waals surface area contributed by atoms with E-state index >= 15 is 0 Å². The molecule has 0 aliphatic rings. The summed E-state index contributed by atoms with van der Waals surface area (Å²) in [6, 6.07) is 2.04. The molecular formula is C13H18BrCl2N3OS2. The van der Waals surface area contributed by atoms with Crippen molar-refractivity contribution in [2.24, 2.45) is 11.7 Å². The molecule has 2 aromatic heterocycles. The van der Waals surface area contributed by atoms with Crippen molar-refractivity contribution in [1.82, 2.24) is 10.3 Å². The van der Waals surface area contributed by atoms with Gasteiger partial charge < -0.3 is 11.1 Å². The third kappa shape index (κ3) is 6.52. The average Bonchev–Trinajstić information content (AvgIpc) is 3.05. The van der Waals surface area contributed by atoms with Gasteiger partial charge >= 0.3 is 0 Å². The van der Waals surface area contributed by atoms with Crippen molar-refractivity contribution in [3.8, 4) is 9.88 Å². The topological polar surface area (TPSA) is 68.0 Å². The van der Waals surface area contributed by atoms with Gasteiger partial charge in [0.15, 0.2) is 0 Å². The molecular weight excluding hydrogens is 429 g/mol. The Morgan fingerprint density at radius 1 is 1.41 bits per heavy atom. The third-order valence-corrected chi connectivity index (χ3v) is 5.47. The molecule has 1 atom stereocenters. The molecule has 0 aromatic carbocycles. The number of carbonyl (C=O) groups excluding carboxylic acids is 1. The van der Waals surface area contributed by atoms with Gasteiger partial charge in [-0.3, -0.25) is 4.79 Å². The van der Waals surface area contributed by atoms with E-state index in [0.717, 1.165) is 20.1 Å². The highest BCUT2D eigenvalue weighted by atomic mass is 79.9. The van der Waals surface area contributed by atoms with E-state index < -0.39 is 0 Å². The van der Waals surface area contributed by atoms with E-state index in [4.69, 9.17) is 5.73 Å². The maximum absolute atomic E-state index is 11.8. The van der Waals surface area contributed by atoms with Crippen LogP contribution in [0.25, 0.3) is 9.88 Å². The Kier molecular flexibility index (Phi) is 10.5. The van der Waals surface area contributed by atoms with Crippen LogP contribution in [-0.2, 0) is 11.2 Å². The summed E-state index contributed by atoms with van der Waals surface area (Å²) in [4.78, 5) is 17.4. The smallest absolute Gasteiger partial charge is 0.226 e. The Balaban J connectivity index is 0.00000220. The molecule has 2 rings (SSSR count). The summed E-state index contributed by atoms with van der Waals surface area (Å²) in [6.45, 7) is 3.20. The first-order valence-corrected chi connectivity index (χ1v) is 8.79. The van der Waals surface area contributed by atoms with Crippen molar-refractivity contribution in [2.45, 2.75) is 13.3 Å². The summed E-state index contributed by atoms with van der Waals surface area (Å²) in [5.41, 5.74) is 6.33. The molecule has 22 heavy (non-hydrogen) atoms. The molecule has 1 unspecified atom stereocenters. The molecule has 0 aliphatic heterocycles. The van der Waals surface area contributed by atoms with E-state index in [1.54, 1.807) is 22.7 Å². The fourth-order valence-electron chi connectivity index (χ4n) is 1.52. The van der Waals surface area contributed by atoms with Crippen molar-refractivity contribution >= 4 is 69.3 Å². The van der Waals surface area contributed by atoms with E-state index in [0.29, 0.717) is 25.4 Å². The molecule has 0 radical (unpaired) electrons. The van der Waals surface area contributed by atoms with Crippen LogP contribution in [-0.4, -0.2) is 24.0 Å². The number of thiazole rings is 1. The lowest BCUT2D eigenvalue weighted by molar-refractivity contribution is -0.120. The summed E-state index contributed by atoms with van der Waals surface area (Å²) in [6.07, 6.45) is 0.320. The fraction of sp³-hybridized carbons (Fsp3) is 0.385. The third-order valence-electron chi connectivity index (χ3n) is 2.72. The number of aromatic nitrogens is 1. The van der Waals surface area contributed by atoms with Crippen molar-refractivity contribution in [1.29, 1.82) is 0 Å². The number of hydrogen-bond acceptors (Lipinski definition) is 5. The second-order valence-electron chi connectivity index (χ2n) is 4.59. The molecule has 0 bridgehead atoms. The molecule has 9 heteroatoms. The Morgan fingerprint density at radius 3 is 2.73 bits per heavy atom. The minimum absolute atomic E-state index is 0. The Morgan fingerprint density at radius 2 is 2.14 bits per heavy atom. The SMILES string of the molecule is CC(CN)CNC(=O)Cc1csc(-c2cc(Br)cs2)n1.Cl.Cl. The number of nitrogens with zero attached hydrogens (tertiary/aromatic N) is 1. The predicted octanol–water partition coefficient (Wildman–Crippen LogP) is 3.73. The first kappa shape index (κ1) is 21.8. The van der Waals surface area contributed by atoms with Gasteiger partial charge in [0.25, 0.3) is 0 Å². The Hall–Kier alpha value is -0.180. The second kappa shape index (κ2) is 10.6. The zero-order valence-electron chi connectivity index (χ0n) is 11.9. The highest BCUT2D eigenvalue weighted by Crippen LogP contribution is 2.31. The van der Waals surface area contributed by atoms with Crippen LogP contribution in [0, 0.1) is 5.92 Å². The maximum Gasteiger partial charge on any atom is 0.226 e. The van der Waals surface area contributed by atoms with Crippen LogP contribution in [0.1, 0.15) is 12.6 Å². The van der Waals surface area contributed by atoms with Gasteiger partial charge in [0, 0.05) is 21.8 Å². The van der Waals surface area contributed by atoms with E-state index in [1.165, 1.54) is 0 Å². The number of nitrogens with one attached hydrogen (secondary N) is 1. The molecule has 4 nitrogen and oxygen atoms in total. The van der Waals surface area contributed by atoms with Gasteiger partial charge in [0.2, 0.25) is 5.91 Å². The zero-order valence-corrected chi connectivity index (χ0v) is 16.7. The monoisotopic (exact) mass is 445 g/mol. The first-order chi connectivity index (χ1) is 9.58. The lowest BCUT2D eigenvalue weighted by Gasteiger charge is -2.09. The molecule has 2 aromatic rings. The number of carbonyl (C=O) groups is 1. The molecule has 0 aliphatic carbocycles. The first-order valence-electron chi connectivity index (χ1n) is 6.24. The second-order valence-corrected chi connectivity index (χ2v) is 7.28. The van der Waals surface area contributed by atoms with Crippen LogP contribution in [0.15, 0.2) is 21.3 Å². The molecule has 1 amide bonds. The van der Waals surface area contributed by atoms with Gasteiger partial charge in [-0.15, -0.1) is 47.5 Å². The summed E-state index contributed by atoms with van der Waals surface area (Å²) >= 11 is 6.63. The predicted molar refractivity (Wildman–Crippen MR) is 103 cm³/mol. The number of amides is 1. The van der Waals surface area contributed by atoms with Crippen LogP contribution in [0.5, 0.6) is 0 Å². The van der Waals surface area contributed by atoms with Gasteiger partial charge in [0.05, 0.1) is 17.0 Å². The van der Waals surface area contributed by atoms with Crippen molar-refractivity contribution in [3.05, 3.63) is 27.0 Å². The number of thiophene rings is 1. The van der Waals surface area contributed by atoms with Crippen LogP contribution in [0.2, 0.25) is 0 Å². The molecule has 3 N–H and O–H groups in total.